The summed E-state index contributed by atoms with van der Waals surface area (Å²) >= 11 is 0. The Morgan fingerprint density at radius 1 is 0.958 bits per heavy atom. The van der Waals surface area contributed by atoms with Crippen LogP contribution in [0.3, 0.4) is 0 Å². The van der Waals surface area contributed by atoms with Crippen LogP contribution in [0, 0.1) is 0 Å². The molecule has 4 atom stereocenters. The summed E-state index contributed by atoms with van der Waals surface area (Å²) in [6, 6.07) is 5.71. The normalized spacial score (nSPS) is 21.1. The van der Waals surface area contributed by atoms with E-state index < -0.39 is 18.4 Å². The number of carbonyl (C=O) groups is 4. The summed E-state index contributed by atoms with van der Waals surface area (Å²) in [4.78, 5) is 71.4. The number of hydrogen-bond acceptors (Lipinski definition) is 8. The Morgan fingerprint density at radius 3 is 2.35 bits per heavy atom. The smallest absolute Gasteiger partial charge is 0.305 e. The van der Waals surface area contributed by atoms with E-state index in [-0.39, 0.29) is 53.0 Å². The van der Waals surface area contributed by atoms with Gasteiger partial charge in [-0.2, -0.15) is 0 Å². The summed E-state index contributed by atoms with van der Waals surface area (Å²) in [5, 5.41) is 10.7. The minimum Gasteiger partial charge on any atom is -0.466 e. The van der Waals surface area contributed by atoms with Crippen molar-refractivity contribution in [2.24, 2.45) is 0 Å². The number of esters is 1. The molecule has 0 spiro atoms. The van der Waals surface area contributed by atoms with Gasteiger partial charge in [0.05, 0.1) is 46.9 Å². The van der Waals surface area contributed by atoms with Crippen molar-refractivity contribution in [3.63, 3.8) is 0 Å². The molecule has 2 aromatic heterocycles. The predicted molar refractivity (Wildman–Crippen MR) is 181 cm³/mol. The second-order valence-electron chi connectivity index (χ2n) is 13.3. The number of aromatic amines is 2. The van der Waals surface area contributed by atoms with Gasteiger partial charge in [-0.3, -0.25) is 29.1 Å². The fourth-order valence-electron chi connectivity index (χ4n) is 7.63. The van der Waals surface area contributed by atoms with E-state index >= 15 is 0 Å². The number of ether oxygens (including phenoxy) is 1. The van der Waals surface area contributed by atoms with E-state index in [0.29, 0.717) is 64.4 Å². The number of aromatic nitrogens is 4. The molecule has 0 fully saturated rings. The molecule has 11 heteroatoms. The number of imide groups is 1. The first kappa shape index (κ1) is 33.3. The van der Waals surface area contributed by atoms with Gasteiger partial charge in [-0.25, -0.2) is 4.98 Å². The standard InChI is InChI=1S/C37H43N5O6/c1-8-12-48-30(45)11-10-22-18(4)25-13-26-19(5)31(20(6)44)29(39-26)14-24-17(3)21(9-2)27(38-24)15-28-23(16-43)32-35(41-28)33(34(22)40-25)37(47)42(7)36(32)46/h13-15,17-18,21-22,38,41,43H,8-12,16H2,1-7H3/t17-,18+,21-,22+/m1/s1. The Balaban J connectivity index is 1.74. The van der Waals surface area contributed by atoms with Crippen molar-refractivity contribution < 1.29 is 29.0 Å². The van der Waals surface area contributed by atoms with Gasteiger partial charge >= 0.3 is 5.97 Å². The van der Waals surface area contributed by atoms with Crippen molar-refractivity contribution in [1.29, 1.82) is 0 Å². The van der Waals surface area contributed by atoms with Crippen molar-refractivity contribution in [1.82, 2.24) is 24.8 Å². The Labute approximate surface area is 279 Å². The molecule has 4 aliphatic rings. The molecule has 4 aliphatic heterocycles. The van der Waals surface area contributed by atoms with Crippen LogP contribution in [0.2, 0.25) is 0 Å². The van der Waals surface area contributed by atoms with Crippen molar-refractivity contribution in [2.75, 3.05) is 13.7 Å². The number of Topliss-reactive ketones (excluding diaryl/α,β-unsaturated/α-hetero) is 1. The van der Waals surface area contributed by atoms with Gasteiger partial charge in [0.1, 0.15) is 0 Å². The third kappa shape index (κ3) is 5.34. The number of nitrogens with one attached hydrogen (secondary N) is 2. The molecule has 0 radical (unpaired) electrons. The molecule has 252 valence electrons. The van der Waals surface area contributed by atoms with Gasteiger partial charge in [0.15, 0.2) is 5.78 Å². The van der Waals surface area contributed by atoms with Gasteiger partial charge in [-0.05, 0) is 56.9 Å². The third-order valence-corrected chi connectivity index (χ3v) is 10.3. The summed E-state index contributed by atoms with van der Waals surface area (Å²) in [6.07, 6.45) is 2.00. The van der Waals surface area contributed by atoms with Gasteiger partial charge in [-0.15, -0.1) is 0 Å². The van der Waals surface area contributed by atoms with Crippen LogP contribution in [0.25, 0.3) is 22.2 Å². The molecule has 0 saturated heterocycles. The first-order valence-corrected chi connectivity index (χ1v) is 16.8. The number of H-pyrrole nitrogens is 2. The second-order valence-corrected chi connectivity index (χ2v) is 13.3. The average Bonchev–Trinajstić information content (AvgIpc) is 3.75. The first-order chi connectivity index (χ1) is 22.9. The largest absolute Gasteiger partial charge is 0.466 e. The summed E-state index contributed by atoms with van der Waals surface area (Å²) < 4.78 is 5.37. The molecule has 0 saturated carbocycles. The fourth-order valence-corrected chi connectivity index (χ4v) is 7.63. The number of allylic oxidation sites excluding steroid dienone is 2. The first-order valence-electron chi connectivity index (χ1n) is 16.8. The highest BCUT2D eigenvalue weighted by molar-refractivity contribution is 6.27. The SMILES string of the molecule is CCCOC(=O)CC[C@@H]1c2nc(cc3nc(cc4[nH]c(cc5[nH]c6c2C(=O)N(C)C(=O)c6c5CO)[C@H](CC)[C@H]4C)C(C(C)=O)=C3C)[C@H]1C. The van der Waals surface area contributed by atoms with Gasteiger partial charge in [0, 0.05) is 70.9 Å². The maximum absolute atomic E-state index is 14.1. The number of aliphatic hydroxyl groups is 1. The molecule has 3 N–H and O–H groups in total. The Hall–Kier alpha value is -4.64. The molecule has 11 nitrogen and oxygen atoms in total. The summed E-state index contributed by atoms with van der Waals surface area (Å²) in [5.74, 6) is -1.91. The van der Waals surface area contributed by atoms with Gasteiger partial charge in [-0.1, -0.05) is 27.7 Å². The van der Waals surface area contributed by atoms with Crippen LogP contribution < -0.4 is 0 Å². The highest BCUT2D eigenvalue weighted by Crippen LogP contribution is 2.45. The zero-order valence-electron chi connectivity index (χ0n) is 28.6. The number of rotatable bonds is 8. The van der Waals surface area contributed by atoms with Crippen molar-refractivity contribution in [2.45, 2.75) is 97.5 Å². The maximum Gasteiger partial charge on any atom is 0.305 e. The Morgan fingerprint density at radius 2 is 1.69 bits per heavy atom. The van der Waals surface area contributed by atoms with E-state index in [1.807, 2.05) is 39.0 Å². The van der Waals surface area contributed by atoms with Crippen LogP contribution in [0.1, 0.15) is 151 Å². The number of ketones is 1. The minimum atomic E-state index is -0.516. The summed E-state index contributed by atoms with van der Waals surface area (Å²) in [5.41, 5.74) is 7.06. The van der Waals surface area contributed by atoms with Crippen molar-refractivity contribution in [3.05, 3.63) is 69.1 Å². The Kier molecular flexibility index (Phi) is 8.84. The summed E-state index contributed by atoms with van der Waals surface area (Å²) in [6.45, 7) is 11.5. The monoisotopic (exact) mass is 653 g/mol. The lowest BCUT2D eigenvalue weighted by Gasteiger charge is -2.24. The molecule has 8 bridgehead atoms. The number of carbonyl (C=O) groups excluding carboxylic acids is 4. The van der Waals surface area contributed by atoms with E-state index in [0.717, 1.165) is 28.3 Å². The summed E-state index contributed by atoms with van der Waals surface area (Å²) in [7, 11) is 1.43. The fraction of sp³-hybridized carbons (Fsp3) is 0.459. The maximum atomic E-state index is 14.1. The van der Waals surface area contributed by atoms with Gasteiger partial charge in [0.2, 0.25) is 0 Å². The molecular weight excluding hydrogens is 610 g/mol. The molecule has 2 aromatic rings. The predicted octanol–water partition coefficient (Wildman–Crippen LogP) is 6.19. The lowest BCUT2D eigenvalue weighted by molar-refractivity contribution is -0.143. The van der Waals surface area contributed by atoms with Crippen LogP contribution in [-0.4, -0.2) is 67.2 Å². The minimum absolute atomic E-state index is 0.0700. The van der Waals surface area contributed by atoms with E-state index in [2.05, 4.69) is 23.8 Å². The highest BCUT2D eigenvalue weighted by Gasteiger charge is 2.40. The zero-order chi connectivity index (χ0) is 34.6. The molecular formula is C37H43N5O6. The van der Waals surface area contributed by atoms with Crippen molar-refractivity contribution in [3.8, 4) is 0 Å². The lowest BCUT2D eigenvalue weighted by Crippen LogP contribution is -2.37. The molecule has 0 unspecified atom stereocenters. The lowest BCUT2D eigenvalue weighted by atomic mass is 9.84. The number of aliphatic hydroxyl groups excluding tert-OH is 1. The van der Waals surface area contributed by atoms with E-state index in [4.69, 9.17) is 14.7 Å². The van der Waals surface area contributed by atoms with Crippen LogP contribution in [0.5, 0.6) is 0 Å². The van der Waals surface area contributed by atoms with Crippen LogP contribution in [0.4, 0.5) is 0 Å². The highest BCUT2D eigenvalue weighted by atomic mass is 16.5. The topological polar surface area (TPSA) is 158 Å². The number of amides is 2. The van der Waals surface area contributed by atoms with E-state index in [1.54, 1.807) is 6.92 Å². The van der Waals surface area contributed by atoms with E-state index in [9.17, 15) is 24.3 Å². The molecule has 48 heavy (non-hydrogen) atoms. The number of nitrogens with zero attached hydrogens (tertiary/aromatic N) is 3. The van der Waals surface area contributed by atoms with Crippen LogP contribution in [0.15, 0.2) is 18.2 Å². The quantitative estimate of drug-likeness (QED) is 0.225. The Bertz CT molecular complexity index is 1970. The van der Waals surface area contributed by atoms with Crippen LogP contribution >= 0.6 is 0 Å². The molecule has 6 rings (SSSR count). The molecule has 0 aromatic carbocycles. The van der Waals surface area contributed by atoms with Gasteiger partial charge < -0.3 is 19.8 Å². The van der Waals surface area contributed by atoms with Crippen molar-refractivity contribution >= 4 is 45.7 Å². The number of fused-ring (bicyclic) bond motifs is 8. The zero-order valence-corrected chi connectivity index (χ0v) is 28.6. The second kappa shape index (κ2) is 12.8. The number of hydrogen-bond donors (Lipinski definition) is 3. The molecule has 2 amide bonds. The third-order valence-electron chi connectivity index (χ3n) is 10.3. The molecule has 0 aliphatic carbocycles. The van der Waals surface area contributed by atoms with Crippen LogP contribution in [-0.2, 0) is 20.9 Å². The van der Waals surface area contributed by atoms with Gasteiger partial charge in [0.25, 0.3) is 11.8 Å². The molecule has 6 heterocycles. The average molecular weight is 654 g/mol. The van der Waals surface area contributed by atoms with E-state index in [1.165, 1.54) is 7.05 Å².